The van der Waals surface area contributed by atoms with Crippen molar-refractivity contribution >= 4 is 11.7 Å². The molecule has 17 heavy (non-hydrogen) atoms. The minimum atomic E-state index is -1.77. The summed E-state index contributed by atoms with van der Waals surface area (Å²) in [4.78, 5) is 22.3. The quantitative estimate of drug-likeness (QED) is 0.255. The van der Waals surface area contributed by atoms with Gasteiger partial charge >= 0.3 is 0 Å². The normalized spacial score (nSPS) is 16.1. The van der Waals surface area contributed by atoms with Crippen molar-refractivity contribution in [3.63, 3.8) is 0 Å². The number of hydrogen-bond acceptors (Lipinski definition) is 7. The molecule has 0 radical (unpaired) electrons. The third-order valence-corrected chi connectivity index (χ3v) is 2.18. The molecular weight excluding hydrogens is 232 g/mol. The highest BCUT2D eigenvalue weighted by molar-refractivity contribution is 5.88. The molecule has 8 heteroatoms. The average Bonchev–Trinajstić information content (AvgIpc) is 2.35. The fourth-order valence-electron chi connectivity index (χ4n) is 1.04. The van der Waals surface area contributed by atoms with Gasteiger partial charge in [-0.15, -0.1) is 0 Å². The van der Waals surface area contributed by atoms with Crippen LogP contribution < -0.4 is 10.8 Å². The van der Waals surface area contributed by atoms with E-state index in [1.165, 1.54) is 0 Å². The van der Waals surface area contributed by atoms with Gasteiger partial charge in [0.2, 0.25) is 5.91 Å². The number of amides is 1. The molecule has 0 aliphatic carbocycles. The molecule has 6 N–H and O–H groups in total. The van der Waals surface area contributed by atoms with Gasteiger partial charge in [0.1, 0.15) is 12.2 Å². The molecule has 0 heterocycles. The van der Waals surface area contributed by atoms with Crippen LogP contribution in [0.5, 0.6) is 0 Å². The molecule has 0 saturated carbocycles. The van der Waals surface area contributed by atoms with E-state index in [1.807, 2.05) is 0 Å². The van der Waals surface area contributed by atoms with Gasteiger partial charge in [-0.3, -0.25) is 9.59 Å². The minimum Gasteiger partial charge on any atom is -0.395 e. The summed E-state index contributed by atoms with van der Waals surface area (Å²) in [6.45, 7) is 0.597. The first-order valence-corrected chi connectivity index (χ1v) is 5.14. The summed E-state index contributed by atoms with van der Waals surface area (Å²) in [6, 6.07) is -1.28. The van der Waals surface area contributed by atoms with Gasteiger partial charge in [-0.25, -0.2) is 0 Å². The largest absolute Gasteiger partial charge is 0.395 e. The number of rotatable bonds is 8. The number of Topliss-reactive ketones (excluding diaryl/α,β-unsaturated/α-hetero) is 1. The Kier molecular flexibility index (Phi) is 7.59. The molecule has 0 aliphatic heterocycles. The Hall–Kier alpha value is -1.06. The number of aliphatic hydroxyl groups is 3. The van der Waals surface area contributed by atoms with Crippen LogP contribution in [0.2, 0.25) is 0 Å². The smallest absolute Gasteiger partial charge is 0.219 e. The van der Waals surface area contributed by atoms with Crippen molar-refractivity contribution in [1.82, 2.24) is 10.8 Å². The lowest BCUT2D eigenvalue weighted by atomic mass is 10.0. The maximum atomic E-state index is 11.4. The summed E-state index contributed by atoms with van der Waals surface area (Å²) in [5, 5.41) is 38.2. The van der Waals surface area contributed by atoms with E-state index in [9.17, 15) is 19.8 Å². The van der Waals surface area contributed by atoms with Gasteiger partial charge in [-0.1, -0.05) is 6.92 Å². The Morgan fingerprint density at radius 2 is 1.88 bits per heavy atom. The lowest BCUT2D eigenvalue weighted by Gasteiger charge is -2.20. The van der Waals surface area contributed by atoms with Crippen LogP contribution in [0.4, 0.5) is 0 Å². The van der Waals surface area contributed by atoms with Crippen LogP contribution in [0.1, 0.15) is 13.3 Å². The van der Waals surface area contributed by atoms with Crippen molar-refractivity contribution in [2.24, 2.45) is 0 Å². The number of hydroxylamine groups is 1. The number of ketones is 1. The Morgan fingerprint density at radius 1 is 1.29 bits per heavy atom. The maximum Gasteiger partial charge on any atom is 0.219 e. The molecule has 0 aliphatic rings. The Bertz CT molecular complexity index is 256. The first kappa shape index (κ1) is 15.9. The van der Waals surface area contributed by atoms with Gasteiger partial charge in [0.15, 0.2) is 5.78 Å². The highest BCUT2D eigenvalue weighted by Crippen LogP contribution is 1.98. The summed E-state index contributed by atoms with van der Waals surface area (Å²) in [5.74, 6) is -1.34. The fourth-order valence-corrected chi connectivity index (χ4v) is 1.04. The van der Waals surface area contributed by atoms with E-state index in [1.54, 1.807) is 12.4 Å². The number of carbonyl (C=O) groups is 2. The Morgan fingerprint density at radius 3 is 2.29 bits per heavy atom. The Balaban J connectivity index is 4.24. The van der Waals surface area contributed by atoms with E-state index in [4.69, 9.17) is 10.3 Å². The predicted molar refractivity (Wildman–Crippen MR) is 56.1 cm³/mol. The number of aliphatic hydroxyl groups excluding tert-OH is 3. The van der Waals surface area contributed by atoms with E-state index in [0.717, 1.165) is 0 Å². The molecule has 8 nitrogen and oxygen atoms in total. The molecule has 0 bridgehead atoms. The molecule has 100 valence electrons. The summed E-state index contributed by atoms with van der Waals surface area (Å²) in [6.07, 6.45) is -3.15. The van der Waals surface area contributed by atoms with Crippen LogP contribution in [0, 0.1) is 0 Å². The van der Waals surface area contributed by atoms with Gasteiger partial charge in [0.25, 0.3) is 0 Å². The third kappa shape index (κ3) is 5.20. The molecule has 0 fully saturated rings. The van der Waals surface area contributed by atoms with Gasteiger partial charge in [-0.05, 0) is 0 Å². The molecule has 0 spiro atoms. The molecular formula is C9H18N2O6. The summed E-state index contributed by atoms with van der Waals surface area (Å²) in [5.41, 5.74) is 1.54. The minimum absolute atomic E-state index is 0.209. The van der Waals surface area contributed by atoms with Crippen molar-refractivity contribution in [3.8, 4) is 0 Å². The van der Waals surface area contributed by atoms with Gasteiger partial charge in [0, 0.05) is 6.42 Å². The first-order valence-electron chi connectivity index (χ1n) is 5.14. The lowest BCUT2D eigenvalue weighted by Crippen LogP contribution is -2.51. The van der Waals surface area contributed by atoms with Crippen molar-refractivity contribution in [2.45, 2.75) is 31.6 Å². The van der Waals surface area contributed by atoms with Crippen LogP contribution in [-0.4, -0.2) is 63.6 Å². The molecule has 0 rings (SSSR count). The lowest BCUT2D eigenvalue weighted by molar-refractivity contribution is -0.140. The summed E-state index contributed by atoms with van der Waals surface area (Å²) < 4.78 is 0. The highest BCUT2D eigenvalue weighted by atomic mass is 16.5. The van der Waals surface area contributed by atoms with Crippen LogP contribution >= 0.6 is 0 Å². The van der Waals surface area contributed by atoms with Gasteiger partial charge in [0.05, 0.1) is 19.2 Å². The number of hydrogen-bond donors (Lipinski definition) is 6. The van der Waals surface area contributed by atoms with Crippen molar-refractivity contribution in [1.29, 1.82) is 0 Å². The van der Waals surface area contributed by atoms with E-state index in [-0.39, 0.29) is 18.9 Å². The number of nitrogens with one attached hydrogen (secondary N) is 2. The molecule has 0 aromatic rings. The van der Waals surface area contributed by atoms with Crippen molar-refractivity contribution in [3.05, 3.63) is 0 Å². The highest BCUT2D eigenvalue weighted by Gasteiger charge is 2.30. The van der Waals surface area contributed by atoms with Gasteiger partial charge < -0.3 is 25.8 Å². The van der Waals surface area contributed by atoms with Gasteiger partial charge in [-0.2, -0.15) is 5.48 Å². The molecule has 0 aromatic heterocycles. The van der Waals surface area contributed by atoms with E-state index >= 15 is 0 Å². The summed E-state index contributed by atoms with van der Waals surface area (Å²) >= 11 is 0. The molecule has 3 atom stereocenters. The molecule has 0 saturated heterocycles. The van der Waals surface area contributed by atoms with E-state index in [2.05, 4.69) is 5.32 Å². The molecule has 3 unspecified atom stereocenters. The zero-order valence-electron chi connectivity index (χ0n) is 9.46. The number of carbonyl (C=O) groups excluding carboxylic acids is 2. The SMILES string of the molecule is CCC(=O)NCC(O)C(=O)C(O)C(CO)NO. The molecule has 1 amide bonds. The summed E-state index contributed by atoms with van der Waals surface area (Å²) in [7, 11) is 0. The van der Waals surface area contributed by atoms with E-state index < -0.39 is 30.6 Å². The van der Waals surface area contributed by atoms with Crippen LogP contribution in [0.3, 0.4) is 0 Å². The van der Waals surface area contributed by atoms with Crippen molar-refractivity contribution in [2.75, 3.05) is 13.2 Å². The predicted octanol–water partition coefficient (Wildman–Crippen LogP) is -2.86. The first-order chi connectivity index (χ1) is 7.97. The van der Waals surface area contributed by atoms with Crippen LogP contribution in [0.25, 0.3) is 0 Å². The second-order valence-corrected chi connectivity index (χ2v) is 3.44. The van der Waals surface area contributed by atoms with Crippen molar-refractivity contribution < 1.29 is 30.1 Å². The standard InChI is InChI=1S/C9H18N2O6/c1-2-7(14)10-3-6(13)9(16)8(15)5(4-12)11-17/h5-6,8,11-13,15,17H,2-4H2,1H3,(H,10,14). The topological polar surface area (TPSA) is 139 Å². The Labute approximate surface area is 98.2 Å². The maximum absolute atomic E-state index is 11.4. The molecule has 0 aromatic carbocycles. The monoisotopic (exact) mass is 250 g/mol. The van der Waals surface area contributed by atoms with Crippen LogP contribution in [-0.2, 0) is 9.59 Å². The van der Waals surface area contributed by atoms with E-state index in [0.29, 0.717) is 0 Å². The zero-order chi connectivity index (χ0) is 13.4. The second-order valence-electron chi connectivity index (χ2n) is 3.44. The van der Waals surface area contributed by atoms with Crippen LogP contribution in [0.15, 0.2) is 0 Å². The average molecular weight is 250 g/mol. The third-order valence-electron chi connectivity index (χ3n) is 2.18. The fraction of sp³-hybridized carbons (Fsp3) is 0.778. The second kappa shape index (κ2) is 8.09. The zero-order valence-corrected chi connectivity index (χ0v) is 9.46.